The van der Waals surface area contributed by atoms with Gasteiger partial charge in [-0.1, -0.05) is 24.3 Å². The SMILES string of the molecule is Cc1ccc2nc3c(cc(C(=O)Nc4ccccc4)n3C)c(=O)n2c1. The molecule has 124 valence electrons. The lowest BCUT2D eigenvalue weighted by Gasteiger charge is -2.06. The molecule has 0 aliphatic rings. The van der Waals surface area contributed by atoms with Gasteiger partial charge in [0, 0.05) is 18.9 Å². The highest BCUT2D eigenvalue weighted by Gasteiger charge is 2.17. The molecule has 0 bridgehead atoms. The molecule has 0 atom stereocenters. The number of aromatic nitrogens is 3. The van der Waals surface area contributed by atoms with Crippen LogP contribution >= 0.6 is 0 Å². The third kappa shape index (κ3) is 2.48. The number of amides is 1. The predicted octanol–water partition coefficient (Wildman–Crippen LogP) is 2.75. The molecule has 1 N–H and O–H groups in total. The van der Waals surface area contributed by atoms with Gasteiger partial charge in [-0.3, -0.25) is 14.0 Å². The standard InChI is InChI=1S/C19H16N4O2/c1-12-8-9-16-21-17-14(19(25)23(16)11-12)10-15(22(17)2)18(24)20-13-6-4-3-5-7-13/h3-11H,1-2H3,(H,20,24). The molecule has 25 heavy (non-hydrogen) atoms. The number of hydrogen-bond acceptors (Lipinski definition) is 3. The van der Waals surface area contributed by atoms with Crippen molar-refractivity contribution >= 4 is 28.3 Å². The Balaban J connectivity index is 1.87. The molecule has 0 radical (unpaired) electrons. The van der Waals surface area contributed by atoms with Crippen LogP contribution in [0.5, 0.6) is 0 Å². The first-order valence-corrected chi connectivity index (χ1v) is 7.89. The fourth-order valence-electron chi connectivity index (χ4n) is 2.91. The third-order valence-corrected chi connectivity index (χ3v) is 4.21. The number of nitrogens with zero attached hydrogens (tertiary/aromatic N) is 3. The first-order chi connectivity index (χ1) is 12.0. The Morgan fingerprint density at radius 2 is 1.88 bits per heavy atom. The maximum Gasteiger partial charge on any atom is 0.272 e. The van der Waals surface area contributed by atoms with E-state index in [-0.39, 0.29) is 11.5 Å². The molecule has 6 heteroatoms. The monoisotopic (exact) mass is 332 g/mol. The van der Waals surface area contributed by atoms with Crippen molar-refractivity contribution in [3.05, 3.63) is 76.3 Å². The minimum absolute atomic E-state index is 0.182. The minimum Gasteiger partial charge on any atom is -0.324 e. The summed E-state index contributed by atoms with van der Waals surface area (Å²) in [5.41, 5.74) is 2.91. The van der Waals surface area contributed by atoms with Gasteiger partial charge < -0.3 is 9.88 Å². The van der Waals surface area contributed by atoms with E-state index in [1.54, 1.807) is 29.9 Å². The van der Waals surface area contributed by atoms with Gasteiger partial charge in [-0.2, -0.15) is 0 Å². The number of aryl methyl sites for hydroxylation is 2. The number of carbonyl (C=O) groups is 1. The number of carbonyl (C=O) groups excluding carboxylic acids is 1. The highest BCUT2D eigenvalue weighted by atomic mass is 16.2. The van der Waals surface area contributed by atoms with Gasteiger partial charge in [0.15, 0.2) is 0 Å². The second-order valence-corrected chi connectivity index (χ2v) is 6.00. The Labute approximate surface area is 143 Å². The molecule has 1 amide bonds. The molecule has 3 heterocycles. The third-order valence-electron chi connectivity index (χ3n) is 4.21. The number of fused-ring (bicyclic) bond motifs is 2. The summed E-state index contributed by atoms with van der Waals surface area (Å²) in [5.74, 6) is -0.281. The molecule has 0 saturated carbocycles. The van der Waals surface area contributed by atoms with Crippen molar-refractivity contribution in [1.82, 2.24) is 14.0 Å². The molecule has 0 aliphatic carbocycles. The van der Waals surface area contributed by atoms with Crippen molar-refractivity contribution in [2.75, 3.05) is 5.32 Å². The minimum atomic E-state index is -0.281. The fraction of sp³-hybridized carbons (Fsp3) is 0.105. The van der Waals surface area contributed by atoms with Gasteiger partial charge in [-0.15, -0.1) is 0 Å². The molecule has 0 saturated heterocycles. The average molecular weight is 332 g/mol. The van der Waals surface area contributed by atoms with Crippen LogP contribution in [-0.2, 0) is 7.05 Å². The first kappa shape index (κ1) is 15.1. The number of pyridine rings is 1. The summed E-state index contributed by atoms with van der Waals surface area (Å²) in [6, 6.07) is 14.5. The first-order valence-electron chi connectivity index (χ1n) is 7.89. The van der Waals surface area contributed by atoms with Gasteiger partial charge in [0.2, 0.25) is 0 Å². The highest BCUT2D eigenvalue weighted by Crippen LogP contribution is 2.17. The summed E-state index contributed by atoms with van der Waals surface area (Å²) in [4.78, 5) is 29.9. The molecule has 0 fully saturated rings. The van der Waals surface area contributed by atoms with Gasteiger partial charge in [0.1, 0.15) is 17.0 Å². The molecule has 0 spiro atoms. The maximum absolute atomic E-state index is 12.8. The molecular formula is C19H16N4O2. The van der Waals surface area contributed by atoms with E-state index in [4.69, 9.17) is 0 Å². The summed E-state index contributed by atoms with van der Waals surface area (Å²) < 4.78 is 3.16. The topological polar surface area (TPSA) is 68.4 Å². The van der Waals surface area contributed by atoms with Crippen LogP contribution in [-0.4, -0.2) is 19.9 Å². The Morgan fingerprint density at radius 1 is 1.12 bits per heavy atom. The van der Waals surface area contributed by atoms with Crippen LogP contribution in [0.15, 0.2) is 59.5 Å². The zero-order chi connectivity index (χ0) is 17.6. The molecule has 4 rings (SSSR count). The van der Waals surface area contributed by atoms with Crippen molar-refractivity contribution < 1.29 is 4.79 Å². The van der Waals surface area contributed by atoms with E-state index in [0.29, 0.717) is 28.1 Å². The molecule has 1 aromatic carbocycles. The van der Waals surface area contributed by atoms with E-state index >= 15 is 0 Å². The van der Waals surface area contributed by atoms with E-state index in [0.717, 1.165) is 5.56 Å². The lowest BCUT2D eigenvalue weighted by molar-refractivity contribution is 0.101. The highest BCUT2D eigenvalue weighted by molar-refractivity contribution is 6.06. The molecule has 6 nitrogen and oxygen atoms in total. The summed E-state index contributed by atoms with van der Waals surface area (Å²) in [5, 5.41) is 3.25. The number of nitrogens with one attached hydrogen (secondary N) is 1. The number of para-hydroxylation sites is 1. The summed E-state index contributed by atoms with van der Waals surface area (Å²) >= 11 is 0. The van der Waals surface area contributed by atoms with Crippen molar-refractivity contribution in [1.29, 1.82) is 0 Å². The number of rotatable bonds is 2. The second kappa shape index (κ2) is 5.59. The van der Waals surface area contributed by atoms with Gasteiger partial charge in [-0.25, -0.2) is 4.98 Å². The molecule has 0 unspecified atom stereocenters. The second-order valence-electron chi connectivity index (χ2n) is 6.00. The van der Waals surface area contributed by atoms with E-state index < -0.39 is 0 Å². The van der Waals surface area contributed by atoms with Gasteiger partial charge >= 0.3 is 0 Å². The van der Waals surface area contributed by atoms with Crippen LogP contribution in [0.3, 0.4) is 0 Å². The fourth-order valence-corrected chi connectivity index (χ4v) is 2.91. The number of anilines is 1. The van der Waals surface area contributed by atoms with Crippen molar-refractivity contribution in [3.63, 3.8) is 0 Å². The van der Waals surface area contributed by atoms with E-state index in [2.05, 4.69) is 10.3 Å². The molecule has 0 aliphatic heterocycles. The smallest absolute Gasteiger partial charge is 0.272 e. The lowest BCUT2D eigenvalue weighted by Crippen LogP contribution is -2.16. The summed E-state index contributed by atoms with van der Waals surface area (Å²) in [6.07, 6.45) is 1.75. The number of hydrogen-bond donors (Lipinski definition) is 1. The Bertz CT molecular complexity index is 1170. The van der Waals surface area contributed by atoms with Crippen molar-refractivity contribution in [3.8, 4) is 0 Å². The van der Waals surface area contributed by atoms with Crippen LogP contribution < -0.4 is 10.9 Å². The van der Waals surface area contributed by atoms with Crippen LogP contribution in [0.4, 0.5) is 5.69 Å². The largest absolute Gasteiger partial charge is 0.324 e. The molecular weight excluding hydrogens is 316 g/mol. The molecule has 4 aromatic rings. The molecule has 3 aromatic heterocycles. The number of benzene rings is 1. The van der Waals surface area contributed by atoms with Crippen molar-refractivity contribution in [2.24, 2.45) is 7.05 Å². The van der Waals surface area contributed by atoms with E-state index in [1.165, 1.54) is 4.40 Å². The van der Waals surface area contributed by atoms with E-state index in [9.17, 15) is 9.59 Å². The lowest BCUT2D eigenvalue weighted by atomic mass is 10.3. The maximum atomic E-state index is 12.8. The van der Waals surface area contributed by atoms with Crippen molar-refractivity contribution in [2.45, 2.75) is 6.92 Å². The quantitative estimate of drug-likeness (QED) is 0.614. The average Bonchev–Trinajstić information content (AvgIpc) is 2.94. The Hall–Kier alpha value is -3.41. The van der Waals surface area contributed by atoms with Crippen LogP contribution in [0.2, 0.25) is 0 Å². The van der Waals surface area contributed by atoms with Gasteiger partial charge in [0.25, 0.3) is 11.5 Å². The van der Waals surface area contributed by atoms with Crippen LogP contribution in [0.1, 0.15) is 16.1 Å². The van der Waals surface area contributed by atoms with Gasteiger partial charge in [0.05, 0.1) is 5.39 Å². The van der Waals surface area contributed by atoms with Crippen LogP contribution in [0.25, 0.3) is 16.7 Å². The van der Waals surface area contributed by atoms with Gasteiger partial charge in [-0.05, 0) is 36.8 Å². The van der Waals surface area contributed by atoms with E-state index in [1.807, 2.05) is 43.3 Å². The normalized spacial score (nSPS) is 11.1. The summed E-state index contributed by atoms with van der Waals surface area (Å²) in [7, 11) is 1.74. The predicted molar refractivity (Wildman–Crippen MR) is 97.1 cm³/mol. The zero-order valence-electron chi connectivity index (χ0n) is 13.9. The Kier molecular flexibility index (Phi) is 3.39. The summed E-state index contributed by atoms with van der Waals surface area (Å²) in [6.45, 7) is 1.92. The zero-order valence-corrected chi connectivity index (χ0v) is 13.9. The van der Waals surface area contributed by atoms with Crippen LogP contribution in [0, 0.1) is 6.92 Å². The Morgan fingerprint density at radius 3 is 2.64 bits per heavy atom.